The average molecular weight is 287 g/mol. The second-order valence-electron chi connectivity index (χ2n) is 7.38. The van der Waals surface area contributed by atoms with Gasteiger partial charge in [0.25, 0.3) is 0 Å². The van der Waals surface area contributed by atoms with E-state index in [1.807, 2.05) is 0 Å². The predicted molar refractivity (Wildman–Crippen MR) is 90.8 cm³/mol. The highest BCUT2D eigenvalue weighted by Gasteiger charge is 2.21. The fourth-order valence-electron chi connectivity index (χ4n) is 4.55. The summed E-state index contributed by atoms with van der Waals surface area (Å²) in [5.41, 5.74) is 1.67. The van der Waals surface area contributed by atoms with Crippen molar-refractivity contribution < 1.29 is 0 Å². The first-order valence-electron chi connectivity index (χ1n) is 9.62. The quantitative estimate of drug-likeness (QED) is 0.577. The Hall–Kier alpha value is -0.720. The predicted octanol–water partition coefficient (Wildman–Crippen LogP) is 6.60. The Kier molecular flexibility index (Phi) is 5.83. The summed E-state index contributed by atoms with van der Waals surface area (Å²) in [6, 6.07) is 5.54. The molecule has 0 aromatic carbocycles. The van der Waals surface area contributed by atoms with E-state index in [2.05, 4.69) is 22.9 Å². The topological polar surface area (TPSA) is 4.93 Å². The minimum absolute atomic E-state index is 0.792. The van der Waals surface area contributed by atoms with Gasteiger partial charge in [0.1, 0.15) is 0 Å². The molecule has 2 fully saturated rings. The molecule has 0 aliphatic heterocycles. The minimum Gasteiger partial charge on any atom is -0.348 e. The fourth-order valence-corrected chi connectivity index (χ4v) is 4.55. The summed E-state index contributed by atoms with van der Waals surface area (Å²) >= 11 is 0. The van der Waals surface area contributed by atoms with Gasteiger partial charge in [0.05, 0.1) is 0 Å². The molecular weight excluding hydrogens is 254 g/mol. The molecule has 0 bridgehead atoms. The van der Waals surface area contributed by atoms with E-state index in [0.717, 1.165) is 12.0 Å². The van der Waals surface area contributed by atoms with Crippen LogP contribution in [0.25, 0.3) is 0 Å². The Morgan fingerprint density at radius 1 is 0.667 bits per heavy atom. The molecule has 0 spiro atoms. The Morgan fingerprint density at radius 3 is 1.81 bits per heavy atom. The van der Waals surface area contributed by atoms with E-state index in [1.54, 1.807) is 5.69 Å². The molecular formula is C20H33N. The van der Waals surface area contributed by atoms with Gasteiger partial charge in [-0.1, -0.05) is 64.2 Å². The van der Waals surface area contributed by atoms with Crippen LogP contribution in [0, 0.1) is 0 Å². The summed E-state index contributed by atoms with van der Waals surface area (Å²) < 4.78 is 2.69. The SMILES string of the molecule is c1cc(C2CCCCCCC2)n(C2CCCCCCC2)c1. The maximum absolute atomic E-state index is 2.69. The molecule has 1 aromatic heterocycles. The van der Waals surface area contributed by atoms with Crippen molar-refractivity contribution in [3.63, 3.8) is 0 Å². The third-order valence-electron chi connectivity index (χ3n) is 5.80. The number of rotatable bonds is 2. The highest BCUT2D eigenvalue weighted by molar-refractivity contribution is 5.14. The van der Waals surface area contributed by atoms with Crippen LogP contribution in [0.1, 0.15) is 108 Å². The lowest BCUT2D eigenvalue weighted by Crippen LogP contribution is -2.15. The highest BCUT2D eigenvalue weighted by Crippen LogP contribution is 2.35. The van der Waals surface area contributed by atoms with Crippen LogP contribution in [0.15, 0.2) is 18.3 Å². The minimum atomic E-state index is 0.792. The van der Waals surface area contributed by atoms with Gasteiger partial charge in [-0.25, -0.2) is 0 Å². The normalized spacial score (nSPS) is 24.0. The molecule has 0 unspecified atom stereocenters. The largest absolute Gasteiger partial charge is 0.348 e. The van der Waals surface area contributed by atoms with Crippen molar-refractivity contribution in [2.75, 3.05) is 0 Å². The third-order valence-corrected chi connectivity index (χ3v) is 5.80. The van der Waals surface area contributed by atoms with Crippen molar-refractivity contribution >= 4 is 0 Å². The lowest BCUT2D eigenvalue weighted by atomic mass is 9.88. The molecule has 1 heterocycles. The van der Waals surface area contributed by atoms with Crippen LogP contribution in [0.3, 0.4) is 0 Å². The van der Waals surface area contributed by atoms with Crippen molar-refractivity contribution in [1.82, 2.24) is 4.57 Å². The number of nitrogens with zero attached hydrogens (tertiary/aromatic N) is 1. The van der Waals surface area contributed by atoms with E-state index in [1.165, 1.54) is 89.9 Å². The summed E-state index contributed by atoms with van der Waals surface area (Å²) in [6.07, 6.45) is 22.6. The molecule has 3 rings (SSSR count). The van der Waals surface area contributed by atoms with Crippen LogP contribution in [0.2, 0.25) is 0 Å². The number of aromatic nitrogens is 1. The highest BCUT2D eigenvalue weighted by atomic mass is 15.0. The van der Waals surface area contributed by atoms with Gasteiger partial charge in [0.2, 0.25) is 0 Å². The van der Waals surface area contributed by atoms with Gasteiger partial charge in [-0.05, 0) is 43.7 Å². The molecule has 2 aliphatic carbocycles. The van der Waals surface area contributed by atoms with Gasteiger partial charge in [-0.15, -0.1) is 0 Å². The second-order valence-corrected chi connectivity index (χ2v) is 7.38. The van der Waals surface area contributed by atoms with Crippen molar-refractivity contribution in [1.29, 1.82) is 0 Å². The van der Waals surface area contributed by atoms with Gasteiger partial charge in [0.15, 0.2) is 0 Å². The zero-order valence-electron chi connectivity index (χ0n) is 13.7. The molecule has 0 atom stereocenters. The van der Waals surface area contributed by atoms with E-state index in [9.17, 15) is 0 Å². The van der Waals surface area contributed by atoms with E-state index in [-0.39, 0.29) is 0 Å². The van der Waals surface area contributed by atoms with Gasteiger partial charge < -0.3 is 4.57 Å². The van der Waals surface area contributed by atoms with Gasteiger partial charge in [-0.2, -0.15) is 0 Å². The summed E-state index contributed by atoms with van der Waals surface area (Å²) in [7, 11) is 0. The van der Waals surface area contributed by atoms with Crippen LogP contribution >= 0.6 is 0 Å². The first-order chi connectivity index (χ1) is 10.4. The number of hydrogen-bond acceptors (Lipinski definition) is 0. The molecule has 2 aliphatic rings. The van der Waals surface area contributed by atoms with Crippen molar-refractivity contribution in [2.45, 2.75) is 102 Å². The molecule has 1 heteroatoms. The van der Waals surface area contributed by atoms with E-state index >= 15 is 0 Å². The van der Waals surface area contributed by atoms with Crippen molar-refractivity contribution in [3.05, 3.63) is 24.0 Å². The Balaban J connectivity index is 1.71. The molecule has 118 valence electrons. The summed E-state index contributed by atoms with van der Waals surface area (Å²) in [6.45, 7) is 0. The second kappa shape index (κ2) is 8.06. The Morgan fingerprint density at radius 2 is 1.19 bits per heavy atom. The van der Waals surface area contributed by atoms with Crippen LogP contribution in [-0.2, 0) is 0 Å². The molecule has 0 radical (unpaired) electrons. The monoisotopic (exact) mass is 287 g/mol. The molecule has 0 saturated heterocycles. The van der Waals surface area contributed by atoms with Crippen LogP contribution in [-0.4, -0.2) is 4.57 Å². The zero-order valence-corrected chi connectivity index (χ0v) is 13.7. The summed E-state index contributed by atoms with van der Waals surface area (Å²) in [4.78, 5) is 0. The van der Waals surface area contributed by atoms with Crippen molar-refractivity contribution in [2.24, 2.45) is 0 Å². The molecule has 0 N–H and O–H groups in total. The smallest absolute Gasteiger partial charge is 0.0333 e. The molecule has 0 amide bonds. The van der Waals surface area contributed by atoms with Crippen LogP contribution in [0.5, 0.6) is 0 Å². The summed E-state index contributed by atoms with van der Waals surface area (Å²) in [5.74, 6) is 0.839. The lowest BCUT2D eigenvalue weighted by Gasteiger charge is -2.28. The molecule has 2 saturated carbocycles. The van der Waals surface area contributed by atoms with E-state index < -0.39 is 0 Å². The zero-order chi connectivity index (χ0) is 14.3. The van der Waals surface area contributed by atoms with Gasteiger partial charge in [-0.3, -0.25) is 0 Å². The maximum atomic E-state index is 2.69. The van der Waals surface area contributed by atoms with E-state index in [0.29, 0.717) is 0 Å². The van der Waals surface area contributed by atoms with Crippen molar-refractivity contribution in [3.8, 4) is 0 Å². The standard InChI is InChI=1S/C20H33N/c1-3-7-12-18(13-8-4-1)20-16-11-17-21(20)19-14-9-5-2-6-10-15-19/h11,16-19H,1-10,12-15H2. The molecule has 1 nitrogen and oxygen atoms in total. The Labute approximate surface area is 131 Å². The summed E-state index contributed by atoms with van der Waals surface area (Å²) in [5, 5.41) is 0. The van der Waals surface area contributed by atoms with Crippen LogP contribution < -0.4 is 0 Å². The first kappa shape index (κ1) is 15.2. The lowest BCUT2D eigenvalue weighted by molar-refractivity contribution is 0.350. The fraction of sp³-hybridized carbons (Fsp3) is 0.800. The third kappa shape index (κ3) is 4.14. The van der Waals surface area contributed by atoms with Crippen LogP contribution in [0.4, 0.5) is 0 Å². The van der Waals surface area contributed by atoms with E-state index in [4.69, 9.17) is 0 Å². The Bertz CT molecular complexity index is 353. The number of hydrogen-bond donors (Lipinski definition) is 0. The maximum Gasteiger partial charge on any atom is 0.0333 e. The van der Waals surface area contributed by atoms with Gasteiger partial charge >= 0.3 is 0 Å². The molecule has 1 aromatic rings. The first-order valence-corrected chi connectivity index (χ1v) is 9.62. The van der Waals surface area contributed by atoms with Gasteiger partial charge in [0, 0.05) is 17.9 Å². The average Bonchev–Trinajstić information content (AvgIpc) is 2.87. The molecule has 21 heavy (non-hydrogen) atoms.